The Kier molecular flexibility index (Phi) is 12.6. The van der Waals surface area contributed by atoms with Gasteiger partial charge in [-0.15, -0.1) is 0 Å². The third-order valence-corrected chi connectivity index (χ3v) is 7.47. The molecule has 0 aliphatic carbocycles. The third-order valence-electron chi connectivity index (χ3n) is 5.93. The Balaban J connectivity index is 1.64. The minimum atomic E-state index is -3.34. The molecule has 0 fully saturated rings. The van der Waals surface area contributed by atoms with Crippen LogP contribution in [0.1, 0.15) is 45.1 Å². The van der Waals surface area contributed by atoms with Crippen molar-refractivity contribution in [2.45, 2.75) is 58.3 Å². The lowest BCUT2D eigenvalue weighted by Gasteiger charge is -2.23. The first-order chi connectivity index (χ1) is 16.7. The maximum atomic E-state index is 12.4. The fourth-order valence-corrected chi connectivity index (χ4v) is 4.98. The minimum absolute atomic E-state index is 0.00342. The van der Waals surface area contributed by atoms with Gasteiger partial charge in [-0.3, -0.25) is 4.57 Å². The average molecular weight is 510 g/mol. The number of aromatic hydroxyl groups is 1. The van der Waals surface area contributed by atoms with Crippen LogP contribution in [-0.2, 0) is 11.2 Å². The van der Waals surface area contributed by atoms with Crippen LogP contribution in [0.15, 0.2) is 48.5 Å². The van der Waals surface area contributed by atoms with Crippen LogP contribution < -0.4 is 14.8 Å². The van der Waals surface area contributed by atoms with Crippen molar-refractivity contribution in [2.75, 3.05) is 25.7 Å². The number of para-hydroxylation sites is 1. The van der Waals surface area contributed by atoms with E-state index in [9.17, 15) is 24.8 Å². The number of hydrogen-bond acceptors (Lipinski definition) is 7. The second-order valence-corrected chi connectivity index (χ2v) is 11.4. The smallest absolute Gasteiger partial charge is 0.236 e. The molecule has 0 heterocycles. The molecule has 0 aliphatic rings. The summed E-state index contributed by atoms with van der Waals surface area (Å²) in [5.74, 6) is 1.48. The van der Waals surface area contributed by atoms with Crippen molar-refractivity contribution >= 4 is 7.37 Å². The molecule has 0 aliphatic heterocycles. The fourth-order valence-electron chi connectivity index (χ4n) is 3.82. The summed E-state index contributed by atoms with van der Waals surface area (Å²) in [7, 11) is -3.34. The first-order valence-electron chi connectivity index (χ1n) is 12.2. The van der Waals surface area contributed by atoms with Crippen molar-refractivity contribution in [3.63, 3.8) is 0 Å². The van der Waals surface area contributed by atoms with Gasteiger partial charge in [0.1, 0.15) is 30.0 Å². The van der Waals surface area contributed by atoms with E-state index in [4.69, 9.17) is 9.47 Å². The average Bonchev–Trinajstić information content (AvgIpc) is 2.85. The van der Waals surface area contributed by atoms with Crippen molar-refractivity contribution in [1.29, 1.82) is 0 Å². The number of hydrogen-bond donors (Lipinski definition) is 5. The SMILES string of the molecule is CCC(CCCP(=O)(O)COc1ccccc1)CC(C)NCC(O)COc1ccc(O)c(CO)c1. The number of nitrogens with one attached hydrogen (secondary N) is 1. The molecule has 196 valence electrons. The molecule has 2 aromatic rings. The Bertz CT molecular complexity index is 912. The highest BCUT2D eigenvalue weighted by molar-refractivity contribution is 7.57. The maximum Gasteiger partial charge on any atom is 0.236 e. The lowest BCUT2D eigenvalue weighted by molar-refractivity contribution is 0.103. The fraction of sp³-hybridized carbons (Fsp3) is 0.538. The molecule has 0 amide bonds. The number of benzene rings is 2. The quantitative estimate of drug-likeness (QED) is 0.202. The normalized spacial score (nSPS) is 15.7. The van der Waals surface area contributed by atoms with Gasteiger partial charge in [-0.25, -0.2) is 0 Å². The molecule has 0 bridgehead atoms. The summed E-state index contributed by atoms with van der Waals surface area (Å²) in [6.07, 6.45) is 2.75. The molecule has 0 radical (unpaired) electrons. The molecule has 2 rings (SSSR count). The van der Waals surface area contributed by atoms with E-state index >= 15 is 0 Å². The number of rotatable bonds is 17. The topological polar surface area (TPSA) is 128 Å². The highest BCUT2D eigenvalue weighted by atomic mass is 31.2. The molecule has 0 aromatic heterocycles. The van der Waals surface area contributed by atoms with Crippen LogP contribution >= 0.6 is 7.37 Å². The van der Waals surface area contributed by atoms with Gasteiger partial charge in [0, 0.05) is 24.3 Å². The molecular formula is C26H40NO7P. The van der Waals surface area contributed by atoms with Gasteiger partial charge in [0.15, 0.2) is 6.35 Å². The zero-order valence-corrected chi connectivity index (χ0v) is 21.6. The second kappa shape index (κ2) is 15.1. The summed E-state index contributed by atoms with van der Waals surface area (Å²) in [6, 6.07) is 13.8. The minimum Gasteiger partial charge on any atom is -0.508 e. The van der Waals surface area contributed by atoms with E-state index in [0.717, 1.165) is 19.3 Å². The van der Waals surface area contributed by atoms with Gasteiger partial charge in [-0.1, -0.05) is 31.5 Å². The maximum absolute atomic E-state index is 12.4. The van der Waals surface area contributed by atoms with Crippen LogP contribution in [-0.4, -0.2) is 58.0 Å². The second-order valence-electron chi connectivity index (χ2n) is 9.03. The molecular weight excluding hydrogens is 469 g/mol. The molecule has 0 saturated carbocycles. The Morgan fingerprint density at radius 3 is 2.51 bits per heavy atom. The summed E-state index contributed by atoms with van der Waals surface area (Å²) >= 11 is 0. The molecule has 9 heteroatoms. The largest absolute Gasteiger partial charge is 0.508 e. The molecule has 4 atom stereocenters. The molecule has 4 unspecified atom stereocenters. The molecule has 0 spiro atoms. The monoisotopic (exact) mass is 509 g/mol. The van der Waals surface area contributed by atoms with E-state index in [-0.39, 0.29) is 37.5 Å². The van der Waals surface area contributed by atoms with E-state index in [1.165, 1.54) is 6.07 Å². The standard InChI is InChI=1S/C26H40NO7P/c1-3-21(8-7-13-35(31,32)19-34-24-9-5-4-6-10-24)14-20(2)27-16-23(29)18-33-25-11-12-26(30)22(15-25)17-28/h4-6,9-12,15,20-21,23,27-30H,3,7-8,13-14,16-19H2,1-2H3,(H,31,32). The highest BCUT2D eigenvalue weighted by Gasteiger charge is 2.21. The van der Waals surface area contributed by atoms with Crippen LogP contribution in [0.3, 0.4) is 0 Å². The van der Waals surface area contributed by atoms with Crippen LogP contribution in [0.25, 0.3) is 0 Å². The van der Waals surface area contributed by atoms with Crippen LogP contribution in [0, 0.1) is 5.92 Å². The lowest BCUT2D eigenvalue weighted by atomic mass is 9.93. The van der Waals surface area contributed by atoms with Crippen molar-refractivity contribution in [3.05, 3.63) is 54.1 Å². The predicted octanol–water partition coefficient (Wildman–Crippen LogP) is 4.11. The Morgan fingerprint density at radius 1 is 1.09 bits per heavy atom. The molecule has 2 aromatic carbocycles. The molecule has 35 heavy (non-hydrogen) atoms. The van der Waals surface area contributed by atoms with Gasteiger partial charge in [0.25, 0.3) is 0 Å². The third kappa shape index (κ3) is 11.5. The van der Waals surface area contributed by atoms with Crippen molar-refractivity contribution in [2.24, 2.45) is 5.92 Å². The first kappa shape index (κ1) is 29.1. The van der Waals surface area contributed by atoms with Crippen LogP contribution in [0.4, 0.5) is 0 Å². The summed E-state index contributed by atoms with van der Waals surface area (Å²) < 4.78 is 23.4. The van der Waals surface area contributed by atoms with Crippen molar-refractivity contribution in [1.82, 2.24) is 5.32 Å². The van der Waals surface area contributed by atoms with Gasteiger partial charge >= 0.3 is 0 Å². The lowest BCUT2D eigenvalue weighted by Crippen LogP contribution is -2.37. The van der Waals surface area contributed by atoms with E-state index in [1.807, 2.05) is 18.2 Å². The van der Waals surface area contributed by atoms with Crippen molar-refractivity contribution < 1.29 is 34.3 Å². The van der Waals surface area contributed by atoms with E-state index in [0.29, 0.717) is 35.9 Å². The Morgan fingerprint density at radius 2 is 1.83 bits per heavy atom. The van der Waals surface area contributed by atoms with Crippen LogP contribution in [0.5, 0.6) is 17.2 Å². The zero-order chi connectivity index (χ0) is 25.7. The summed E-state index contributed by atoms with van der Waals surface area (Å²) in [4.78, 5) is 10.2. The van der Waals surface area contributed by atoms with E-state index < -0.39 is 13.5 Å². The predicted molar refractivity (Wildman–Crippen MR) is 137 cm³/mol. The summed E-state index contributed by atoms with van der Waals surface area (Å²) in [6.45, 7) is 4.35. The van der Waals surface area contributed by atoms with E-state index in [1.54, 1.807) is 24.3 Å². The van der Waals surface area contributed by atoms with Crippen LogP contribution in [0.2, 0.25) is 0 Å². The van der Waals surface area contributed by atoms with Gasteiger partial charge in [0.2, 0.25) is 7.37 Å². The number of aliphatic hydroxyl groups is 2. The number of ether oxygens (including phenoxy) is 2. The molecule has 0 saturated heterocycles. The zero-order valence-electron chi connectivity index (χ0n) is 20.7. The number of phenols is 1. The Hall–Kier alpha value is -2.09. The van der Waals surface area contributed by atoms with E-state index in [2.05, 4.69) is 19.2 Å². The number of aliphatic hydroxyl groups excluding tert-OH is 2. The van der Waals surface area contributed by atoms with Gasteiger partial charge in [0.05, 0.1) is 6.61 Å². The van der Waals surface area contributed by atoms with Gasteiger partial charge < -0.3 is 35.0 Å². The summed E-state index contributed by atoms with van der Waals surface area (Å²) in [5, 5.41) is 32.4. The first-order valence-corrected chi connectivity index (χ1v) is 14.2. The van der Waals surface area contributed by atoms with Gasteiger partial charge in [-0.05, 0) is 62.4 Å². The molecule has 8 nitrogen and oxygen atoms in total. The van der Waals surface area contributed by atoms with Crippen molar-refractivity contribution in [3.8, 4) is 17.2 Å². The summed E-state index contributed by atoms with van der Waals surface area (Å²) in [5.41, 5.74) is 0.371. The van der Waals surface area contributed by atoms with Gasteiger partial charge in [-0.2, -0.15) is 0 Å². The molecule has 5 N–H and O–H groups in total. The Labute approximate surface area is 208 Å². The highest BCUT2D eigenvalue weighted by Crippen LogP contribution is 2.42.